The second kappa shape index (κ2) is 5.43. The predicted octanol–water partition coefficient (Wildman–Crippen LogP) is 0.748. The molecule has 0 aromatic carbocycles. The fraction of sp³-hybridized carbons (Fsp3) is 0.417. The molecule has 5 heteroatoms. The van der Waals surface area contributed by atoms with E-state index in [2.05, 4.69) is 26.8 Å². The van der Waals surface area contributed by atoms with Gasteiger partial charge in [0.15, 0.2) is 0 Å². The molecular formula is C12H16N4O. The zero-order valence-corrected chi connectivity index (χ0v) is 9.67. The van der Waals surface area contributed by atoms with Crippen molar-refractivity contribution in [1.82, 2.24) is 15.3 Å². The number of nitrogens with zero attached hydrogens (tertiary/aromatic N) is 3. The maximum absolute atomic E-state index is 11.4. The number of hydrogen-bond donors (Lipinski definition) is 1. The number of nitrogens with one attached hydrogen (secondary N) is 1. The second-order valence-electron chi connectivity index (χ2n) is 4.06. The summed E-state index contributed by atoms with van der Waals surface area (Å²) >= 11 is 0. The van der Waals surface area contributed by atoms with Crippen molar-refractivity contribution >= 4 is 11.7 Å². The van der Waals surface area contributed by atoms with Crippen LogP contribution in [0.4, 0.5) is 5.82 Å². The molecule has 0 atom stereocenters. The van der Waals surface area contributed by atoms with Gasteiger partial charge in [-0.1, -0.05) is 6.08 Å². The monoisotopic (exact) mass is 232 g/mol. The third kappa shape index (κ3) is 3.03. The van der Waals surface area contributed by atoms with E-state index < -0.39 is 0 Å². The number of amides is 1. The Hall–Kier alpha value is -1.91. The number of hydrogen-bond acceptors (Lipinski definition) is 4. The van der Waals surface area contributed by atoms with Crippen molar-refractivity contribution in [1.29, 1.82) is 0 Å². The van der Waals surface area contributed by atoms with Crippen LogP contribution >= 0.6 is 0 Å². The van der Waals surface area contributed by atoms with Gasteiger partial charge in [-0.25, -0.2) is 4.98 Å². The Kier molecular flexibility index (Phi) is 3.69. The van der Waals surface area contributed by atoms with Crippen molar-refractivity contribution < 1.29 is 4.79 Å². The van der Waals surface area contributed by atoms with Crippen LogP contribution in [0, 0.1) is 0 Å². The Bertz CT molecular complexity index is 387. The summed E-state index contributed by atoms with van der Waals surface area (Å²) in [7, 11) is 0. The molecule has 0 bridgehead atoms. The molecule has 0 saturated carbocycles. The van der Waals surface area contributed by atoms with Crippen LogP contribution in [0.3, 0.4) is 0 Å². The first kappa shape index (κ1) is 11.6. The average molecular weight is 232 g/mol. The first-order chi connectivity index (χ1) is 8.29. The van der Waals surface area contributed by atoms with E-state index in [4.69, 9.17) is 0 Å². The topological polar surface area (TPSA) is 58.1 Å². The van der Waals surface area contributed by atoms with Crippen LogP contribution in [0.5, 0.6) is 0 Å². The molecule has 1 N–H and O–H groups in total. The van der Waals surface area contributed by atoms with Gasteiger partial charge in [0.2, 0.25) is 5.91 Å². The number of carbonyl (C=O) groups excluding carboxylic acids is 1. The summed E-state index contributed by atoms with van der Waals surface area (Å²) in [6, 6.07) is 0.231. The lowest BCUT2D eigenvalue weighted by Crippen LogP contribution is -2.59. The van der Waals surface area contributed by atoms with E-state index in [0.29, 0.717) is 6.42 Å². The lowest BCUT2D eigenvalue weighted by atomic mass is 10.1. The molecule has 1 amide bonds. The van der Waals surface area contributed by atoms with Crippen molar-refractivity contribution in [3.05, 3.63) is 31.2 Å². The zero-order valence-electron chi connectivity index (χ0n) is 9.67. The van der Waals surface area contributed by atoms with Crippen LogP contribution in [0.15, 0.2) is 31.2 Å². The van der Waals surface area contributed by atoms with Crippen LogP contribution in [0.2, 0.25) is 0 Å². The molecule has 0 spiro atoms. The second-order valence-corrected chi connectivity index (χ2v) is 4.06. The van der Waals surface area contributed by atoms with E-state index in [-0.39, 0.29) is 11.9 Å². The summed E-state index contributed by atoms with van der Waals surface area (Å²) in [6.07, 6.45) is 8.06. The molecular weight excluding hydrogens is 216 g/mol. The highest BCUT2D eigenvalue weighted by Crippen LogP contribution is 2.16. The molecule has 1 saturated heterocycles. The summed E-state index contributed by atoms with van der Waals surface area (Å²) in [5, 5.41) is 2.97. The number of anilines is 1. The quantitative estimate of drug-likeness (QED) is 0.761. The fourth-order valence-corrected chi connectivity index (χ4v) is 1.74. The van der Waals surface area contributed by atoms with Gasteiger partial charge < -0.3 is 10.2 Å². The summed E-state index contributed by atoms with van der Waals surface area (Å²) in [4.78, 5) is 21.7. The Labute approximate surface area is 101 Å². The molecule has 0 radical (unpaired) electrons. The third-order valence-corrected chi connectivity index (χ3v) is 2.70. The minimum atomic E-state index is 0.0914. The van der Waals surface area contributed by atoms with Gasteiger partial charge in [-0.05, 0) is 6.42 Å². The smallest absolute Gasteiger partial charge is 0.220 e. The third-order valence-electron chi connectivity index (χ3n) is 2.70. The largest absolute Gasteiger partial charge is 0.351 e. The molecule has 1 aliphatic heterocycles. The summed E-state index contributed by atoms with van der Waals surface area (Å²) in [6.45, 7) is 5.20. The van der Waals surface area contributed by atoms with Gasteiger partial charge in [0.05, 0.1) is 12.2 Å². The van der Waals surface area contributed by atoms with Gasteiger partial charge in [-0.2, -0.15) is 0 Å². The van der Waals surface area contributed by atoms with Crippen LogP contribution in [0.25, 0.3) is 0 Å². The van der Waals surface area contributed by atoms with E-state index in [1.807, 2.05) is 0 Å². The van der Waals surface area contributed by atoms with Crippen molar-refractivity contribution in [2.45, 2.75) is 18.9 Å². The average Bonchev–Trinajstić information content (AvgIpc) is 2.31. The van der Waals surface area contributed by atoms with E-state index in [1.54, 1.807) is 24.7 Å². The molecule has 0 unspecified atom stereocenters. The first-order valence-corrected chi connectivity index (χ1v) is 5.71. The maximum Gasteiger partial charge on any atom is 0.220 e. The van der Waals surface area contributed by atoms with Crippen molar-refractivity contribution in [3.63, 3.8) is 0 Å². The van der Waals surface area contributed by atoms with Crippen molar-refractivity contribution in [3.8, 4) is 0 Å². The molecule has 2 heterocycles. The van der Waals surface area contributed by atoms with Gasteiger partial charge in [0, 0.05) is 31.9 Å². The molecule has 1 aromatic rings. The van der Waals surface area contributed by atoms with Crippen LogP contribution in [-0.2, 0) is 4.79 Å². The molecule has 90 valence electrons. The summed E-state index contributed by atoms with van der Waals surface area (Å²) in [5.41, 5.74) is 0. The van der Waals surface area contributed by atoms with Gasteiger partial charge in [0.25, 0.3) is 0 Å². The SMILES string of the molecule is C=CCCC(=O)NC1CN(c2cnccn2)C1. The number of aromatic nitrogens is 2. The zero-order chi connectivity index (χ0) is 12.1. The Morgan fingerprint density at radius 2 is 2.41 bits per heavy atom. The standard InChI is InChI=1S/C12H16N4O/c1-2-3-4-12(17)15-10-8-16(9-10)11-7-13-5-6-14-11/h2,5-7,10H,1,3-4,8-9H2,(H,15,17). The molecule has 2 rings (SSSR count). The Balaban J connectivity index is 1.72. The minimum Gasteiger partial charge on any atom is -0.351 e. The number of allylic oxidation sites excluding steroid dienone is 1. The van der Waals surface area contributed by atoms with Crippen molar-refractivity contribution in [2.24, 2.45) is 0 Å². The van der Waals surface area contributed by atoms with Gasteiger partial charge in [-0.15, -0.1) is 6.58 Å². The summed E-state index contributed by atoms with van der Waals surface area (Å²) in [5.74, 6) is 0.956. The van der Waals surface area contributed by atoms with E-state index in [1.165, 1.54) is 0 Å². The van der Waals surface area contributed by atoms with E-state index in [0.717, 1.165) is 25.3 Å². The molecule has 1 aromatic heterocycles. The van der Waals surface area contributed by atoms with Crippen LogP contribution in [0.1, 0.15) is 12.8 Å². The first-order valence-electron chi connectivity index (χ1n) is 5.71. The molecule has 1 aliphatic rings. The summed E-state index contributed by atoms with van der Waals surface area (Å²) < 4.78 is 0. The Morgan fingerprint density at radius 1 is 1.59 bits per heavy atom. The highest BCUT2D eigenvalue weighted by Gasteiger charge is 2.28. The lowest BCUT2D eigenvalue weighted by Gasteiger charge is -2.40. The maximum atomic E-state index is 11.4. The lowest BCUT2D eigenvalue weighted by molar-refractivity contribution is -0.121. The highest BCUT2D eigenvalue weighted by molar-refractivity contribution is 5.76. The number of carbonyl (C=O) groups is 1. The van der Waals surface area contributed by atoms with Crippen molar-refractivity contribution in [2.75, 3.05) is 18.0 Å². The molecule has 0 aliphatic carbocycles. The van der Waals surface area contributed by atoms with Crippen LogP contribution < -0.4 is 10.2 Å². The van der Waals surface area contributed by atoms with Gasteiger partial charge in [-0.3, -0.25) is 9.78 Å². The minimum absolute atomic E-state index is 0.0914. The van der Waals surface area contributed by atoms with Crippen LogP contribution in [-0.4, -0.2) is 35.0 Å². The van der Waals surface area contributed by atoms with Gasteiger partial charge in [0.1, 0.15) is 5.82 Å². The Morgan fingerprint density at radius 3 is 3.06 bits per heavy atom. The number of rotatable bonds is 5. The molecule has 17 heavy (non-hydrogen) atoms. The molecule has 1 fully saturated rings. The highest BCUT2D eigenvalue weighted by atomic mass is 16.1. The fourth-order valence-electron chi connectivity index (χ4n) is 1.74. The molecule has 5 nitrogen and oxygen atoms in total. The van der Waals surface area contributed by atoms with E-state index in [9.17, 15) is 4.79 Å². The normalized spacial score (nSPS) is 15.2. The van der Waals surface area contributed by atoms with Gasteiger partial charge >= 0.3 is 0 Å². The van der Waals surface area contributed by atoms with E-state index >= 15 is 0 Å². The predicted molar refractivity (Wildman–Crippen MR) is 65.6 cm³/mol.